The highest BCUT2D eigenvalue weighted by Gasteiger charge is 2.24. The van der Waals surface area contributed by atoms with Gasteiger partial charge in [-0.2, -0.15) is 0 Å². The Morgan fingerprint density at radius 3 is 2.41 bits per heavy atom. The first-order chi connectivity index (χ1) is 10.2. The summed E-state index contributed by atoms with van der Waals surface area (Å²) in [6.45, 7) is 0.957. The molecule has 1 aromatic carbocycles. The van der Waals surface area contributed by atoms with Gasteiger partial charge < -0.3 is 15.1 Å². The Balaban J connectivity index is 2.97. The van der Waals surface area contributed by atoms with Crippen LogP contribution in [-0.4, -0.2) is 42.9 Å². The minimum Gasteiger partial charge on any atom is -0.394 e. The summed E-state index contributed by atoms with van der Waals surface area (Å²) < 4.78 is 24.8. The second-order valence-electron chi connectivity index (χ2n) is 4.75. The maximum atomic E-state index is 12.0. The maximum Gasteiger partial charge on any atom is 0.314 e. The van der Waals surface area contributed by atoms with E-state index in [1.807, 2.05) is 0 Å². The van der Waals surface area contributed by atoms with Gasteiger partial charge in [0, 0.05) is 0 Å². The topological polar surface area (TPSA) is 123 Å². The highest BCUT2D eigenvalue weighted by Crippen LogP contribution is 2.35. The fourth-order valence-corrected chi connectivity index (χ4v) is 3.35. The molecule has 0 spiro atoms. The Morgan fingerprint density at radius 1 is 1.27 bits per heavy atom. The van der Waals surface area contributed by atoms with Gasteiger partial charge in [0.1, 0.15) is 0 Å². The van der Waals surface area contributed by atoms with Crippen molar-refractivity contribution in [2.75, 3.05) is 23.7 Å². The van der Waals surface area contributed by atoms with Crippen LogP contribution in [0.1, 0.15) is 5.56 Å². The molecule has 1 heterocycles. The SMILES string of the molecule is Cc1cc2[nH]c(=O)c(=O)[nH]c2c(N(CCO)S(C)(=O)=O)c1Cl. The number of nitrogens with one attached hydrogen (secondary N) is 2. The smallest absolute Gasteiger partial charge is 0.314 e. The molecular weight excluding hydrogens is 334 g/mol. The van der Waals surface area contributed by atoms with Crippen LogP contribution in [-0.2, 0) is 10.0 Å². The number of halogens is 1. The Kier molecular flexibility index (Phi) is 4.32. The molecule has 0 atom stereocenters. The van der Waals surface area contributed by atoms with Gasteiger partial charge in [-0.1, -0.05) is 11.6 Å². The van der Waals surface area contributed by atoms with Crippen molar-refractivity contribution in [1.29, 1.82) is 0 Å². The number of aliphatic hydroxyl groups excluding tert-OH is 1. The molecule has 10 heteroatoms. The third kappa shape index (κ3) is 2.87. The molecule has 0 aliphatic heterocycles. The van der Waals surface area contributed by atoms with E-state index in [1.54, 1.807) is 6.92 Å². The van der Waals surface area contributed by atoms with Gasteiger partial charge in [0.15, 0.2) is 0 Å². The summed E-state index contributed by atoms with van der Waals surface area (Å²) in [4.78, 5) is 27.7. The molecule has 0 bridgehead atoms. The number of hydrogen-bond donors (Lipinski definition) is 3. The number of rotatable bonds is 4. The van der Waals surface area contributed by atoms with Gasteiger partial charge in [0.05, 0.1) is 41.2 Å². The molecule has 0 saturated heterocycles. The van der Waals surface area contributed by atoms with E-state index in [0.717, 1.165) is 10.6 Å². The number of aliphatic hydroxyl groups is 1. The maximum absolute atomic E-state index is 12.0. The highest BCUT2D eigenvalue weighted by molar-refractivity contribution is 7.92. The zero-order chi connectivity index (χ0) is 16.7. The summed E-state index contributed by atoms with van der Waals surface area (Å²) in [5.41, 5.74) is -0.924. The number of aromatic amines is 2. The van der Waals surface area contributed by atoms with Crippen molar-refractivity contribution in [2.24, 2.45) is 0 Å². The molecule has 2 aromatic rings. The quantitative estimate of drug-likeness (QED) is 0.668. The molecule has 0 fully saturated rings. The predicted octanol–water partition coefficient (Wildman–Crippen LogP) is -0.0635. The Bertz CT molecular complexity index is 948. The van der Waals surface area contributed by atoms with Crippen molar-refractivity contribution in [2.45, 2.75) is 6.92 Å². The highest BCUT2D eigenvalue weighted by atomic mass is 35.5. The summed E-state index contributed by atoms with van der Waals surface area (Å²) in [5.74, 6) is 0. The Hall–Kier alpha value is -1.84. The van der Waals surface area contributed by atoms with Crippen LogP contribution in [0.3, 0.4) is 0 Å². The zero-order valence-electron chi connectivity index (χ0n) is 11.8. The first-order valence-electron chi connectivity index (χ1n) is 6.20. The summed E-state index contributed by atoms with van der Waals surface area (Å²) >= 11 is 6.20. The van der Waals surface area contributed by atoms with Gasteiger partial charge in [-0.25, -0.2) is 8.42 Å². The molecule has 0 saturated carbocycles. The molecule has 2 rings (SSSR count). The molecular formula is C12H14ClN3O5S. The van der Waals surface area contributed by atoms with Crippen LogP contribution in [0.25, 0.3) is 11.0 Å². The lowest BCUT2D eigenvalue weighted by molar-refractivity contribution is 0.307. The number of aryl methyl sites for hydroxylation is 1. The minimum absolute atomic E-state index is 0.0153. The lowest BCUT2D eigenvalue weighted by Crippen LogP contribution is -2.35. The van der Waals surface area contributed by atoms with Crippen molar-refractivity contribution in [3.05, 3.63) is 37.4 Å². The monoisotopic (exact) mass is 347 g/mol. The number of aromatic nitrogens is 2. The van der Waals surface area contributed by atoms with Gasteiger partial charge in [-0.3, -0.25) is 13.9 Å². The Morgan fingerprint density at radius 2 is 1.86 bits per heavy atom. The van der Waals surface area contributed by atoms with Crippen LogP contribution < -0.4 is 15.4 Å². The number of anilines is 1. The summed E-state index contributed by atoms with van der Waals surface area (Å²) in [6.07, 6.45) is 0.955. The van der Waals surface area contributed by atoms with E-state index in [-0.39, 0.29) is 28.3 Å². The molecule has 0 unspecified atom stereocenters. The number of nitrogens with zero attached hydrogens (tertiary/aromatic N) is 1. The second-order valence-corrected chi connectivity index (χ2v) is 7.03. The average molecular weight is 348 g/mol. The third-order valence-electron chi connectivity index (χ3n) is 3.07. The standard InChI is InChI=1S/C12H14ClN3O5S/c1-6-5-7-9(15-12(19)11(18)14-7)10(8(6)13)16(3-4-17)22(2,20)21/h5,17H,3-4H2,1-2H3,(H,14,18)(H,15,19). The second kappa shape index (κ2) is 5.75. The summed E-state index contributed by atoms with van der Waals surface area (Å²) in [6, 6.07) is 1.53. The van der Waals surface area contributed by atoms with Crippen molar-refractivity contribution in [3.8, 4) is 0 Å². The summed E-state index contributed by atoms with van der Waals surface area (Å²) in [7, 11) is -3.76. The number of H-pyrrole nitrogens is 2. The van der Waals surface area contributed by atoms with Crippen LogP contribution in [0, 0.1) is 6.92 Å². The van der Waals surface area contributed by atoms with Crippen LogP contribution in [0.5, 0.6) is 0 Å². The molecule has 0 radical (unpaired) electrons. The number of benzene rings is 1. The van der Waals surface area contributed by atoms with E-state index in [4.69, 9.17) is 16.7 Å². The molecule has 1 aromatic heterocycles. The molecule has 0 amide bonds. The van der Waals surface area contributed by atoms with Gasteiger partial charge >= 0.3 is 11.1 Å². The number of sulfonamides is 1. The van der Waals surface area contributed by atoms with Gasteiger partial charge in [0.25, 0.3) is 0 Å². The number of hydrogen-bond acceptors (Lipinski definition) is 5. The van der Waals surface area contributed by atoms with E-state index >= 15 is 0 Å². The van der Waals surface area contributed by atoms with Crippen molar-refractivity contribution in [3.63, 3.8) is 0 Å². The van der Waals surface area contributed by atoms with Gasteiger partial charge in [-0.05, 0) is 18.6 Å². The van der Waals surface area contributed by atoms with Crippen molar-refractivity contribution < 1.29 is 13.5 Å². The van der Waals surface area contributed by atoms with Crippen molar-refractivity contribution in [1.82, 2.24) is 9.97 Å². The first kappa shape index (κ1) is 16.5. The molecule has 0 aliphatic carbocycles. The molecule has 120 valence electrons. The lowest BCUT2D eigenvalue weighted by Gasteiger charge is -2.24. The van der Waals surface area contributed by atoms with E-state index in [0.29, 0.717) is 5.56 Å². The average Bonchev–Trinajstić information content (AvgIpc) is 2.40. The first-order valence-corrected chi connectivity index (χ1v) is 8.43. The Labute approximate surface area is 130 Å². The van der Waals surface area contributed by atoms with Crippen LogP contribution >= 0.6 is 11.6 Å². The van der Waals surface area contributed by atoms with E-state index < -0.39 is 27.7 Å². The fraction of sp³-hybridized carbons (Fsp3) is 0.333. The van der Waals surface area contributed by atoms with Crippen molar-refractivity contribution >= 4 is 38.3 Å². The molecule has 0 aliphatic rings. The molecule has 22 heavy (non-hydrogen) atoms. The van der Waals surface area contributed by atoms with E-state index in [9.17, 15) is 18.0 Å². The lowest BCUT2D eigenvalue weighted by atomic mass is 10.1. The number of fused-ring (bicyclic) bond motifs is 1. The molecule has 8 nitrogen and oxygen atoms in total. The van der Waals surface area contributed by atoms with Crippen LogP contribution in [0.4, 0.5) is 5.69 Å². The van der Waals surface area contributed by atoms with E-state index in [2.05, 4.69) is 9.97 Å². The minimum atomic E-state index is -3.76. The van der Waals surface area contributed by atoms with Crippen LogP contribution in [0.15, 0.2) is 15.7 Å². The fourth-order valence-electron chi connectivity index (χ4n) is 2.12. The zero-order valence-corrected chi connectivity index (χ0v) is 13.4. The normalized spacial score (nSPS) is 11.8. The van der Waals surface area contributed by atoms with Gasteiger partial charge in [-0.15, -0.1) is 0 Å². The van der Waals surface area contributed by atoms with Gasteiger partial charge in [0.2, 0.25) is 10.0 Å². The third-order valence-corrected chi connectivity index (χ3v) is 4.71. The largest absolute Gasteiger partial charge is 0.394 e. The molecule has 3 N–H and O–H groups in total. The predicted molar refractivity (Wildman–Crippen MR) is 84.2 cm³/mol. The van der Waals surface area contributed by atoms with Crippen LogP contribution in [0.2, 0.25) is 5.02 Å². The van der Waals surface area contributed by atoms with E-state index in [1.165, 1.54) is 6.07 Å². The summed E-state index contributed by atoms with van der Waals surface area (Å²) in [5, 5.41) is 9.22.